The van der Waals surface area contributed by atoms with Crippen molar-refractivity contribution in [1.29, 1.82) is 0 Å². The number of nitrogens with zero attached hydrogens (tertiary/aromatic N) is 4. The van der Waals surface area contributed by atoms with Gasteiger partial charge < -0.3 is 10.1 Å². The highest BCUT2D eigenvalue weighted by Crippen LogP contribution is 2.40. The van der Waals surface area contributed by atoms with Crippen molar-refractivity contribution in [1.82, 2.24) is 24.5 Å². The molecule has 1 fully saturated rings. The van der Waals surface area contributed by atoms with Crippen molar-refractivity contribution in [3.8, 4) is 28.3 Å². The third-order valence-electron chi connectivity index (χ3n) is 7.70. The molecule has 0 radical (unpaired) electrons. The summed E-state index contributed by atoms with van der Waals surface area (Å²) in [6.45, 7) is 2.68. The number of hydrogen-bond donors (Lipinski definition) is 2. The summed E-state index contributed by atoms with van der Waals surface area (Å²) < 4.78 is 38.3. The molecule has 0 atom stereocenters. The fourth-order valence-corrected chi connectivity index (χ4v) is 5.32. The van der Waals surface area contributed by atoms with Crippen molar-refractivity contribution < 1.29 is 18.3 Å². The maximum absolute atomic E-state index is 15.4. The second-order valence-corrected chi connectivity index (χ2v) is 10.6. The van der Waals surface area contributed by atoms with E-state index in [4.69, 9.17) is 4.74 Å². The fraction of sp³-hybridized carbons (Fsp3) is 0.152. The lowest BCUT2D eigenvalue weighted by molar-refractivity contribution is 0.102. The van der Waals surface area contributed by atoms with Crippen LogP contribution < -0.4 is 15.6 Å². The quantitative estimate of drug-likeness (QED) is 0.202. The molecule has 0 spiro atoms. The standard InChI is InChI=1S/C33H26F2N6O3/c1-2-40-29-15-26(21-16-36-37-17-21)31(13-20(29)18-38-40)44-30-12-7-23(14-27(30)35)39-32(42)25-10-11-28(19-3-4-19)41(33(25)43)24-8-5-22(34)6-9-24/h5-19H,2-4H2,1H3,(H,36,37)(H,39,42). The van der Waals surface area contributed by atoms with Gasteiger partial charge in [0.15, 0.2) is 11.6 Å². The SMILES string of the molecule is CCn1ncc2cc(Oc3ccc(NC(=O)c4ccc(C5CC5)n(-c5ccc(F)cc5)c4=O)cc3F)c(-c3cn[nH]c3)cc21. The normalized spacial score (nSPS) is 12.9. The number of pyridine rings is 1. The van der Waals surface area contributed by atoms with E-state index in [1.807, 2.05) is 17.7 Å². The first-order chi connectivity index (χ1) is 21.4. The van der Waals surface area contributed by atoms with Gasteiger partial charge in [-0.1, -0.05) is 0 Å². The van der Waals surface area contributed by atoms with Crippen LogP contribution in [0.1, 0.15) is 41.7 Å². The van der Waals surface area contributed by atoms with E-state index in [0.717, 1.165) is 41.1 Å². The van der Waals surface area contributed by atoms with Crippen LogP contribution in [0.2, 0.25) is 0 Å². The van der Waals surface area contributed by atoms with Crippen LogP contribution in [0, 0.1) is 11.6 Å². The average Bonchev–Trinajstić information content (AvgIpc) is 3.56. The van der Waals surface area contributed by atoms with Gasteiger partial charge in [0.25, 0.3) is 11.5 Å². The van der Waals surface area contributed by atoms with Gasteiger partial charge in [0, 0.05) is 52.4 Å². The lowest BCUT2D eigenvalue weighted by Gasteiger charge is -2.15. The Labute approximate surface area is 249 Å². The van der Waals surface area contributed by atoms with Crippen molar-refractivity contribution in [3.05, 3.63) is 119 Å². The molecular weight excluding hydrogens is 566 g/mol. The highest BCUT2D eigenvalue weighted by Gasteiger charge is 2.29. The molecule has 1 saturated carbocycles. The maximum Gasteiger partial charge on any atom is 0.268 e. The first-order valence-electron chi connectivity index (χ1n) is 14.2. The fourth-order valence-electron chi connectivity index (χ4n) is 5.32. The molecule has 0 bridgehead atoms. The van der Waals surface area contributed by atoms with Crippen LogP contribution in [0.3, 0.4) is 0 Å². The van der Waals surface area contributed by atoms with Gasteiger partial charge in [-0.25, -0.2) is 8.78 Å². The summed E-state index contributed by atoms with van der Waals surface area (Å²) in [4.78, 5) is 26.7. The molecule has 220 valence electrons. The Balaban J connectivity index is 1.17. The number of anilines is 1. The minimum Gasteiger partial charge on any atom is -0.454 e. The van der Waals surface area contributed by atoms with Crippen LogP contribution in [0.15, 0.2) is 90.1 Å². The van der Waals surface area contributed by atoms with E-state index in [1.165, 1.54) is 47.0 Å². The molecule has 0 aliphatic heterocycles. The largest absolute Gasteiger partial charge is 0.454 e. The van der Waals surface area contributed by atoms with E-state index in [-0.39, 0.29) is 22.9 Å². The third kappa shape index (κ3) is 5.02. The van der Waals surface area contributed by atoms with Crippen LogP contribution in [-0.2, 0) is 6.54 Å². The van der Waals surface area contributed by atoms with Gasteiger partial charge in [0.2, 0.25) is 0 Å². The molecule has 1 amide bonds. The van der Waals surface area contributed by atoms with Crippen molar-refractivity contribution in [3.63, 3.8) is 0 Å². The zero-order valence-corrected chi connectivity index (χ0v) is 23.6. The van der Waals surface area contributed by atoms with Gasteiger partial charge in [-0.15, -0.1) is 0 Å². The number of ether oxygens (including phenoxy) is 1. The lowest BCUT2D eigenvalue weighted by atomic mass is 10.1. The number of H-pyrrole nitrogens is 1. The number of aromatic amines is 1. The number of hydrogen-bond acceptors (Lipinski definition) is 5. The van der Waals surface area contributed by atoms with Crippen LogP contribution in [-0.4, -0.2) is 30.5 Å². The number of nitrogens with one attached hydrogen (secondary N) is 2. The van der Waals surface area contributed by atoms with E-state index in [1.54, 1.807) is 30.7 Å². The Kier molecular flexibility index (Phi) is 6.77. The lowest BCUT2D eigenvalue weighted by Crippen LogP contribution is -2.30. The zero-order valence-electron chi connectivity index (χ0n) is 23.6. The van der Waals surface area contributed by atoms with Gasteiger partial charge in [0.05, 0.1) is 17.9 Å². The molecule has 1 aliphatic rings. The molecule has 3 heterocycles. The Morgan fingerprint density at radius 2 is 1.84 bits per heavy atom. The predicted octanol–water partition coefficient (Wildman–Crippen LogP) is 6.80. The van der Waals surface area contributed by atoms with Gasteiger partial charge in [-0.3, -0.25) is 23.9 Å². The molecule has 9 nitrogen and oxygen atoms in total. The number of aryl methyl sites for hydroxylation is 1. The van der Waals surface area contributed by atoms with E-state index in [0.29, 0.717) is 23.5 Å². The van der Waals surface area contributed by atoms with Crippen molar-refractivity contribution in [2.75, 3.05) is 5.32 Å². The van der Waals surface area contributed by atoms with Crippen molar-refractivity contribution in [2.45, 2.75) is 32.2 Å². The molecule has 44 heavy (non-hydrogen) atoms. The molecule has 3 aromatic heterocycles. The van der Waals surface area contributed by atoms with Gasteiger partial charge in [-0.2, -0.15) is 10.2 Å². The first-order valence-corrected chi connectivity index (χ1v) is 14.2. The van der Waals surface area contributed by atoms with E-state index < -0.39 is 23.1 Å². The third-order valence-corrected chi connectivity index (χ3v) is 7.70. The van der Waals surface area contributed by atoms with Gasteiger partial charge >= 0.3 is 0 Å². The molecule has 2 N–H and O–H groups in total. The summed E-state index contributed by atoms with van der Waals surface area (Å²) in [6, 6.07) is 16.5. The molecule has 11 heteroatoms. The van der Waals surface area contributed by atoms with Gasteiger partial charge in [-0.05, 0) is 86.3 Å². The number of rotatable bonds is 8. The predicted molar refractivity (Wildman–Crippen MR) is 161 cm³/mol. The minimum absolute atomic E-state index is 0.0533. The first kappa shape index (κ1) is 27.3. The molecule has 3 aromatic carbocycles. The molecule has 0 unspecified atom stereocenters. The van der Waals surface area contributed by atoms with Crippen LogP contribution >= 0.6 is 0 Å². The second-order valence-electron chi connectivity index (χ2n) is 10.6. The van der Waals surface area contributed by atoms with Gasteiger partial charge in [0.1, 0.15) is 17.1 Å². The summed E-state index contributed by atoms with van der Waals surface area (Å²) in [5.74, 6) is -1.28. The summed E-state index contributed by atoms with van der Waals surface area (Å²) >= 11 is 0. The summed E-state index contributed by atoms with van der Waals surface area (Å²) in [7, 11) is 0. The smallest absolute Gasteiger partial charge is 0.268 e. The van der Waals surface area contributed by atoms with E-state index in [2.05, 4.69) is 20.6 Å². The highest BCUT2D eigenvalue weighted by atomic mass is 19.1. The van der Waals surface area contributed by atoms with Crippen LogP contribution in [0.25, 0.3) is 27.7 Å². The number of carbonyl (C=O) groups is 1. The summed E-state index contributed by atoms with van der Waals surface area (Å²) in [5.41, 5.74) is 3.08. The number of benzene rings is 3. The second kappa shape index (κ2) is 10.9. The Bertz CT molecular complexity index is 2080. The topological polar surface area (TPSA) is 107 Å². The van der Waals surface area contributed by atoms with Crippen molar-refractivity contribution >= 4 is 22.5 Å². The number of amides is 1. The minimum atomic E-state index is -0.710. The molecule has 0 saturated heterocycles. The highest BCUT2D eigenvalue weighted by molar-refractivity contribution is 6.04. The molecule has 1 aliphatic carbocycles. The monoisotopic (exact) mass is 592 g/mol. The Morgan fingerprint density at radius 3 is 2.55 bits per heavy atom. The van der Waals surface area contributed by atoms with E-state index in [9.17, 15) is 14.0 Å². The van der Waals surface area contributed by atoms with E-state index >= 15 is 4.39 Å². The average molecular weight is 593 g/mol. The number of carbonyl (C=O) groups excluding carboxylic acids is 1. The zero-order chi connectivity index (χ0) is 30.4. The molecular formula is C33H26F2N6O3. The number of fused-ring (bicyclic) bond motifs is 1. The number of halogens is 2. The van der Waals surface area contributed by atoms with Crippen LogP contribution in [0.5, 0.6) is 11.5 Å². The molecule has 7 rings (SSSR count). The Morgan fingerprint density at radius 1 is 1.02 bits per heavy atom. The van der Waals surface area contributed by atoms with Crippen LogP contribution in [0.4, 0.5) is 14.5 Å². The summed E-state index contributed by atoms with van der Waals surface area (Å²) in [5, 5.41) is 14.7. The maximum atomic E-state index is 15.4. The van der Waals surface area contributed by atoms with Crippen molar-refractivity contribution in [2.24, 2.45) is 0 Å². The Hall–Kier alpha value is -5.58. The summed E-state index contributed by atoms with van der Waals surface area (Å²) in [6.07, 6.45) is 6.95. The molecule has 6 aromatic rings. The number of aromatic nitrogens is 5.